The number of hydrogen-bond acceptors (Lipinski definition) is 4. The molecule has 0 saturated heterocycles. The van der Waals surface area contributed by atoms with E-state index < -0.39 is 17.6 Å². The number of anilines is 2. The van der Waals surface area contributed by atoms with Gasteiger partial charge in [-0.3, -0.25) is 4.79 Å². The number of carbonyl (C=O) groups excluding carboxylic acids is 1. The lowest BCUT2D eigenvalue weighted by atomic mass is 9.99. The molecular formula is C20H17F3N4O. The SMILES string of the molecule is Cc1ccc(C(=O)Nc2cccc(C(F)(F)F)c2C)cc1-c1cnc(N)nc1. The molecule has 144 valence electrons. The van der Waals surface area contributed by atoms with Gasteiger partial charge in [0, 0.05) is 29.2 Å². The molecule has 5 nitrogen and oxygen atoms in total. The van der Waals surface area contributed by atoms with Crippen molar-refractivity contribution in [3.63, 3.8) is 0 Å². The van der Waals surface area contributed by atoms with Gasteiger partial charge in [0.05, 0.1) is 5.56 Å². The number of nitrogens with two attached hydrogens (primary N) is 1. The van der Waals surface area contributed by atoms with Crippen molar-refractivity contribution in [2.24, 2.45) is 0 Å². The second kappa shape index (κ2) is 7.30. The van der Waals surface area contributed by atoms with Crippen LogP contribution in [0.2, 0.25) is 0 Å². The lowest BCUT2D eigenvalue weighted by Crippen LogP contribution is -2.15. The number of alkyl halides is 3. The minimum absolute atomic E-state index is 0.0392. The molecule has 3 aromatic rings. The average Bonchev–Trinajstić information content (AvgIpc) is 2.63. The van der Waals surface area contributed by atoms with Gasteiger partial charge in [-0.25, -0.2) is 9.97 Å². The Bertz CT molecular complexity index is 1030. The fraction of sp³-hybridized carbons (Fsp3) is 0.150. The molecule has 3 rings (SSSR count). The third-order valence-electron chi connectivity index (χ3n) is 4.37. The number of carbonyl (C=O) groups is 1. The molecule has 8 heteroatoms. The first kappa shape index (κ1) is 19.3. The summed E-state index contributed by atoms with van der Waals surface area (Å²) in [5.74, 6) is -0.379. The Balaban J connectivity index is 1.92. The zero-order valence-corrected chi connectivity index (χ0v) is 15.1. The minimum Gasteiger partial charge on any atom is -0.368 e. The van der Waals surface area contributed by atoms with Crippen molar-refractivity contribution >= 4 is 17.5 Å². The number of nitrogens with zero attached hydrogens (tertiary/aromatic N) is 2. The largest absolute Gasteiger partial charge is 0.416 e. The predicted octanol–water partition coefficient (Wildman–Crippen LogP) is 4.61. The van der Waals surface area contributed by atoms with Crippen LogP contribution in [0.1, 0.15) is 27.0 Å². The third kappa shape index (κ3) is 3.95. The number of nitrogen functional groups attached to an aromatic ring is 1. The zero-order chi connectivity index (χ0) is 20.5. The van der Waals surface area contributed by atoms with Crippen molar-refractivity contribution in [3.05, 3.63) is 71.0 Å². The van der Waals surface area contributed by atoms with Gasteiger partial charge in [-0.1, -0.05) is 12.1 Å². The molecule has 0 unspecified atom stereocenters. The highest BCUT2D eigenvalue weighted by Gasteiger charge is 2.33. The Hall–Kier alpha value is -3.42. The van der Waals surface area contributed by atoms with E-state index in [-0.39, 0.29) is 17.2 Å². The fourth-order valence-electron chi connectivity index (χ4n) is 2.82. The summed E-state index contributed by atoms with van der Waals surface area (Å²) in [7, 11) is 0. The lowest BCUT2D eigenvalue weighted by molar-refractivity contribution is -0.138. The van der Waals surface area contributed by atoms with Crippen molar-refractivity contribution in [1.82, 2.24) is 9.97 Å². The van der Waals surface area contributed by atoms with Gasteiger partial charge >= 0.3 is 6.18 Å². The van der Waals surface area contributed by atoms with Gasteiger partial charge in [0.1, 0.15) is 0 Å². The van der Waals surface area contributed by atoms with E-state index in [1.165, 1.54) is 19.1 Å². The number of halogens is 3. The van der Waals surface area contributed by atoms with E-state index in [1.807, 2.05) is 6.92 Å². The highest BCUT2D eigenvalue weighted by atomic mass is 19.4. The maximum atomic E-state index is 13.1. The number of aryl methyl sites for hydroxylation is 1. The van der Waals surface area contributed by atoms with Crippen LogP contribution in [-0.2, 0) is 6.18 Å². The van der Waals surface area contributed by atoms with E-state index in [2.05, 4.69) is 15.3 Å². The number of rotatable bonds is 3. The van der Waals surface area contributed by atoms with Crippen LogP contribution in [0.5, 0.6) is 0 Å². The van der Waals surface area contributed by atoms with Gasteiger partial charge in [0.15, 0.2) is 0 Å². The van der Waals surface area contributed by atoms with Gasteiger partial charge < -0.3 is 11.1 Å². The van der Waals surface area contributed by atoms with Crippen LogP contribution < -0.4 is 11.1 Å². The fourth-order valence-corrected chi connectivity index (χ4v) is 2.82. The number of nitrogens with one attached hydrogen (secondary N) is 1. The van der Waals surface area contributed by atoms with Crippen molar-refractivity contribution in [1.29, 1.82) is 0 Å². The molecule has 28 heavy (non-hydrogen) atoms. The van der Waals surface area contributed by atoms with Crippen LogP contribution in [0.4, 0.5) is 24.8 Å². The summed E-state index contributed by atoms with van der Waals surface area (Å²) in [4.78, 5) is 20.5. The Morgan fingerprint density at radius 3 is 2.39 bits per heavy atom. The van der Waals surface area contributed by atoms with E-state index in [1.54, 1.807) is 30.6 Å². The Morgan fingerprint density at radius 1 is 1.07 bits per heavy atom. The molecule has 0 fully saturated rings. The van der Waals surface area contributed by atoms with Crippen molar-refractivity contribution in [2.75, 3.05) is 11.1 Å². The zero-order valence-electron chi connectivity index (χ0n) is 15.1. The van der Waals surface area contributed by atoms with Crippen molar-refractivity contribution in [3.8, 4) is 11.1 Å². The molecule has 0 aliphatic carbocycles. The van der Waals surface area contributed by atoms with E-state index in [4.69, 9.17) is 5.73 Å². The smallest absolute Gasteiger partial charge is 0.368 e. The Kier molecular flexibility index (Phi) is 5.04. The van der Waals surface area contributed by atoms with Crippen LogP contribution in [0.3, 0.4) is 0 Å². The number of amides is 1. The van der Waals surface area contributed by atoms with E-state index in [0.29, 0.717) is 11.1 Å². The van der Waals surface area contributed by atoms with Crippen molar-refractivity contribution in [2.45, 2.75) is 20.0 Å². The first-order chi connectivity index (χ1) is 13.2. The topological polar surface area (TPSA) is 80.9 Å². The molecule has 1 amide bonds. The molecule has 3 N–H and O–H groups in total. The molecule has 1 heterocycles. The van der Waals surface area contributed by atoms with Gasteiger partial charge in [-0.2, -0.15) is 13.2 Å². The maximum Gasteiger partial charge on any atom is 0.416 e. The summed E-state index contributed by atoms with van der Waals surface area (Å²) in [6, 6.07) is 8.68. The number of hydrogen-bond donors (Lipinski definition) is 2. The van der Waals surface area contributed by atoms with Gasteiger partial charge in [0.25, 0.3) is 5.91 Å². The summed E-state index contributed by atoms with van der Waals surface area (Å²) >= 11 is 0. The molecule has 1 aromatic heterocycles. The molecule has 0 spiro atoms. The standard InChI is InChI=1S/C20H17F3N4O/c1-11-6-7-13(8-15(11)14-9-25-19(24)26-10-14)18(28)27-17-5-3-4-16(12(17)2)20(21,22)23/h3-10H,1-2H3,(H,27,28)(H2,24,25,26). The molecule has 0 saturated carbocycles. The monoisotopic (exact) mass is 386 g/mol. The van der Waals surface area contributed by atoms with E-state index >= 15 is 0 Å². The van der Waals surface area contributed by atoms with E-state index in [9.17, 15) is 18.0 Å². The predicted molar refractivity (Wildman–Crippen MR) is 101 cm³/mol. The first-order valence-corrected chi connectivity index (χ1v) is 8.33. The summed E-state index contributed by atoms with van der Waals surface area (Å²) < 4.78 is 39.2. The Labute approximate surface area is 159 Å². The summed E-state index contributed by atoms with van der Waals surface area (Å²) in [6.07, 6.45) is -1.40. The molecular weight excluding hydrogens is 369 g/mol. The van der Waals surface area contributed by atoms with Crippen LogP contribution in [0.15, 0.2) is 48.8 Å². The molecule has 0 radical (unpaired) electrons. The maximum absolute atomic E-state index is 13.1. The molecule has 0 bridgehead atoms. The number of benzene rings is 2. The van der Waals surface area contributed by atoms with Gasteiger partial charge in [0.2, 0.25) is 5.95 Å². The molecule has 0 aliphatic rings. The number of aromatic nitrogens is 2. The van der Waals surface area contributed by atoms with Crippen LogP contribution in [-0.4, -0.2) is 15.9 Å². The van der Waals surface area contributed by atoms with Gasteiger partial charge in [-0.05, 0) is 54.8 Å². The third-order valence-corrected chi connectivity index (χ3v) is 4.37. The highest BCUT2D eigenvalue weighted by molar-refractivity contribution is 6.05. The molecule has 2 aromatic carbocycles. The van der Waals surface area contributed by atoms with E-state index in [0.717, 1.165) is 17.2 Å². The average molecular weight is 386 g/mol. The lowest BCUT2D eigenvalue weighted by Gasteiger charge is -2.15. The summed E-state index contributed by atoms with van der Waals surface area (Å²) in [6.45, 7) is 3.19. The highest BCUT2D eigenvalue weighted by Crippen LogP contribution is 2.34. The minimum atomic E-state index is -4.49. The summed E-state index contributed by atoms with van der Waals surface area (Å²) in [5.41, 5.74) is 7.38. The second-order valence-corrected chi connectivity index (χ2v) is 6.29. The van der Waals surface area contributed by atoms with Crippen LogP contribution in [0.25, 0.3) is 11.1 Å². The summed E-state index contributed by atoms with van der Waals surface area (Å²) in [5, 5.41) is 2.56. The second-order valence-electron chi connectivity index (χ2n) is 6.29. The molecule has 0 atom stereocenters. The normalized spacial score (nSPS) is 11.3. The molecule has 0 aliphatic heterocycles. The quantitative estimate of drug-likeness (QED) is 0.689. The van der Waals surface area contributed by atoms with Crippen LogP contribution in [0, 0.1) is 13.8 Å². The first-order valence-electron chi connectivity index (χ1n) is 8.33. The Morgan fingerprint density at radius 2 is 1.75 bits per heavy atom. The van der Waals surface area contributed by atoms with Crippen molar-refractivity contribution < 1.29 is 18.0 Å². The van der Waals surface area contributed by atoms with Crippen LogP contribution >= 0.6 is 0 Å². The van der Waals surface area contributed by atoms with Gasteiger partial charge in [-0.15, -0.1) is 0 Å².